The smallest absolute Gasteiger partial charge is 0.131 e. The molecular weight excluding hydrogens is 200 g/mol. The average molecular weight is 215 g/mol. The number of hydrogen-bond acceptors (Lipinski definition) is 3. The van der Waals surface area contributed by atoms with Gasteiger partial charge in [0.1, 0.15) is 11.6 Å². The van der Waals surface area contributed by atoms with E-state index in [1.807, 2.05) is 14.1 Å². The van der Waals surface area contributed by atoms with Crippen LogP contribution in [0, 0.1) is 11.6 Å². The van der Waals surface area contributed by atoms with Crippen LogP contribution >= 0.6 is 0 Å². The van der Waals surface area contributed by atoms with Gasteiger partial charge in [-0.2, -0.15) is 0 Å². The van der Waals surface area contributed by atoms with Gasteiger partial charge in [-0.1, -0.05) is 6.07 Å². The molecule has 1 aromatic rings. The third-order valence-corrected chi connectivity index (χ3v) is 2.10. The number of halogens is 2. The predicted molar refractivity (Wildman–Crippen MR) is 55.0 cm³/mol. The molecule has 0 aliphatic rings. The lowest BCUT2D eigenvalue weighted by atomic mass is 10.1. The van der Waals surface area contributed by atoms with Crippen LogP contribution in [0.4, 0.5) is 8.78 Å². The Morgan fingerprint density at radius 1 is 1.33 bits per heavy atom. The number of nitrogens with one attached hydrogen (secondary N) is 1. The minimum absolute atomic E-state index is 0.0197. The van der Waals surface area contributed by atoms with Crippen LogP contribution in [0.15, 0.2) is 18.2 Å². The van der Waals surface area contributed by atoms with E-state index in [0.29, 0.717) is 6.54 Å². The van der Waals surface area contributed by atoms with Crippen molar-refractivity contribution in [2.75, 3.05) is 20.6 Å². The summed E-state index contributed by atoms with van der Waals surface area (Å²) in [5.41, 5.74) is 2.39. The number of benzene rings is 1. The first kappa shape index (κ1) is 12.0. The van der Waals surface area contributed by atoms with Crippen LogP contribution in [0.25, 0.3) is 0 Å². The molecule has 0 saturated heterocycles. The molecule has 15 heavy (non-hydrogen) atoms. The number of hydrazine groups is 1. The van der Waals surface area contributed by atoms with E-state index in [9.17, 15) is 8.78 Å². The van der Waals surface area contributed by atoms with Gasteiger partial charge in [-0.3, -0.25) is 11.3 Å². The molecule has 0 spiro atoms. The monoisotopic (exact) mass is 215 g/mol. The first-order valence-electron chi connectivity index (χ1n) is 4.61. The number of likely N-dealkylation sites (N-methyl/N-ethyl adjacent to an activating group) is 1. The van der Waals surface area contributed by atoms with Gasteiger partial charge >= 0.3 is 0 Å². The van der Waals surface area contributed by atoms with E-state index in [0.717, 1.165) is 0 Å². The summed E-state index contributed by atoms with van der Waals surface area (Å²) in [7, 11) is 3.62. The van der Waals surface area contributed by atoms with Crippen molar-refractivity contribution in [2.24, 2.45) is 5.84 Å². The number of rotatable bonds is 4. The number of hydrogen-bond donors (Lipinski definition) is 2. The minimum atomic E-state index is -0.584. The van der Waals surface area contributed by atoms with Crippen molar-refractivity contribution < 1.29 is 8.78 Å². The van der Waals surface area contributed by atoms with E-state index >= 15 is 0 Å². The molecule has 84 valence electrons. The molecule has 0 aromatic heterocycles. The second kappa shape index (κ2) is 5.16. The van der Waals surface area contributed by atoms with Gasteiger partial charge in [0.25, 0.3) is 0 Å². The Kier molecular flexibility index (Phi) is 4.14. The topological polar surface area (TPSA) is 41.3 Å². The van der Waals surface area contributed by atoms with Crippen molar-refractivity contribution in [1.82, 2.24) is 10.3 Å². The molecule has 1 unspecified atom stereocenters. The zero-order chi connectivity index (χ0) is 11.4. The molecular formula is C10H15F2N3. The van der Waals surface area contributed by atoms with Gasteiger partial charge in [0.05, 0.1) is 6.04 Å². The van der Waals surface area contributed by atoms with Crippen LogP contribution in [0.2, 0.25) is 0 Å². The highest BCUT2D eigenvalue weighted by Crippen LogP contribution is 2.20. The molecule has 0 amide bonds. The molecule has 0 radical (unpaired) electrons. The molecule has 0 fully saturated rings. The summed E-state index contributed by atoms with van der Waals surface area (Å²) in [6.07, 6.45) is 0. The predicted octanol–water partition coefficient (Wildman–Crippen LogP) is 1.03. The van der Waals surface area contributed by atoms with Crippen molar-refractivity contribution >= 4 is 0 Å². The highest BCUT2D eigenvalue weighted by Gasteiger charge is 2.19. The molecule has 0 heterocycles. The van der Waals surface area contributed by atoms with E-state index in [1.54, 1.807) is 4.90 Å². The van der Waals surface area contributed by atoms with E-state index < -0.39 is 17.7 Å². The van der Waals surface area contributed by atoms with Crippen LogP contribution in [0.3, 0.4) is 0 Å². The van der Waals surface area contributed by atoms with Crippen molar-refractivity contribution in [3.8, 4) is 0 Å². The summed E-state index contributed by atoms with van der Waals surface area (Å²) in [5, 5.41) is 0. The van der Waals surface area contributed by atoms with E-state index in [-0.39, 0.29) is 5.56 Å². The van der Waals surface area contributed by atoms with E-state index in [1.165, 1.54) is 18.2 Å². The Morgan fingerprint density at radius 3 is 2.27 bits per heavy atom. The van der Waals surface area contributed by atoms with Crippen molar-refractivity contribution in [1.29, 1.82) is 0 Å². The quantitative estimate of drug-likeness (QED) is 0.582. The largest absolute Gasteiger partial charge is 0.307 e. The molecule has 0 bridgehead atoms. The normalized spacial score (nSPS) is 13.2. The maximum atomic E-state index is 13.4. The first-order valence-corrected chi connectivity index (χ1v) is 4.61. The zero-order valence-electron chi connectivity index (χ0n) is 8.80. The fourth-order valence-corrected chi connectivity index (χ4v) is 1.44. The molecule has 1 rings (SSSR count). The van der Waals surface area contributed by atoms with Gasteiger partial charge in [0, 0.05) is 12.1 Å². The maximum absolute atomic E-state index is 13.4. The van der Waals surface area contributed by atoms with Crippen LogP contribution in [-0.2, 0) is 0 Å². The van der Waals surface area contributed by atoms with E-state index in [2.05, 4.69) is 5.43 Å². The fourth-order valence-electron chi connectivity index (χ4n) is 1.44. The highest BCUT2D eigenvalue weighted by atomic mass is 19.1. The van der Waals surface area contributed by atoms with Gasteiger partial charge in [0.2, 0.25) is 0 Å². The Balaban J connectivity index is 3.00. The second-order valence-electron chi connectivity index (χ2n) is 3.62. The Morgan fingerprint density at radius 2 is 1.87 bits per heavy atom. The summed E-state index contributed by atoms with van der Waals surface area (Å²) in [5.74, 6) is 4.11. The van der Waals surface area contributed by atoms with Crippen LogP contribution in [0.1, 0.15) is 11.6 Å². The average Bonchev–Trinajstić information content (AvgIpc) is 2.15. The Hall–Kier alpha value is -1.04. The van der Waals surface area contributed by atoms with Gasteiger partial charge in [0.15, 0.2) is 0 Å². The van der Waals surface area contributed by atoms with Crippen LogP contribution < -0.4 is 11.3 Å². The van der Waals surface area contributed by atoms with Gasteiger partial charge in [-0.25, -0.2) is 8.78 Å². The van der Waals surface area contributed by atoms with Gasteiger partial charge in [-0.15, -0.1) is 0 Å². The van der Waals surface area contributed by atoms with Crippen LogP contribution in [0.5, 0.6) is 0 Å². The standard InChI is InChI=1S/C10H15F2N3/c1-15(2)6-9(14-13)10-7(11)4-3-5-8(10)12/h3-5,9,14H,6,13H2,1-2H3. The lowest BCUT2D eigenvalue weighted by Gasteiger charge is -2.21. The first-order chi connectivity index (χ1) is 7.06. The highest BCUT2D eigenvalue weighted by molar-refractivity contribution is 5.23. The summed E-state index contributed by atoms with van der Waals surface area (Å²) >= 11 is 0. The second-order valence-corrected chi connectivity index (χ2v) is 3.62. The summed E-state index contributed by atoms with van der Waals surface area (Å²) in [4.78, 5) is 1.80. The Bertz CT molecular complexity index is 308. The summed E-state index contributed by atoms with van der Waals surface area (Å²) in [6.45, 7) is 0.425. The fraction of sp³-hybridized carbons (Fsp3) is 0.400. The third kappa shape index (κ3) is 2.95. The van der Waals surface area contributed by atoms with Crippen molar-refractivity contribution in [3.63, 3.8) is 0 Å². The Labute approximate surface area is 87.8 Å². The lowest BCUT2D eigenvalue weighted by Crippen LogP contribution is -2.36. The molecule has 0 aliphatic carbocycles. The lowest BCUT2D eigenvalue weighted by molar-refractivity contribution is 0.332. The number of nitrogens with two attached hydrogens (primary N) is 1. The van der Waals surface area contributed by atoms with Gasteiger partial charge < -0.3 is 4.90 Å². The summed E-state index contributed by atoms with van der Waals surface area (Å²) in [6, 6.07) is 3.22. The molecule has 1 aromatic carbocycles. The maximum Gasteiger partial charge on any atom is 0.131 e. The van der Waals surface area contributed by atoms with Gasteiger partial charge in [-0.05, 0) is 26.2 Å². The molecule has 0 aliphatic heterocycles. The molecule has 3 N–H and O–H groups in total. The molecule has 5 heteroatoms. The van der Waals surface area contributed by atoms with Crippen molar-refractivity contribution in [2.45, 2.75) is 6.04 Å². The molecule has 0 saturated carbocycles. The number of nitrogens with zero attached hydrogens (tertiary/aromatic N) is 1. The third-order valence-electron chi connectivity index (χ3n) is 2.10. The minimum Gasteiger partial charge on any atom is -0.307 e. The van der Waals surface area contributed by atoms with E-state index in [4.69, 9.17) is 5.84 Å². The van der Waals surface area contributed by atoms with Crippen molar-refractivity contribution in [3.05, 3.63) is 35.4 Å². The summed E-state index contributed by atoms with van der Waals surface area (Å²) < 4.78 is 26.8. The zero-order valence-corrected chi connectivity index (χ0v) is 8.80. The molecule has 3 nitrogen and oxygen atoms in total. The van der Waals surface area contributed by atoms with Crippen LogP contribution in [-0.4, -0.2) is 25.5 Å². The SMILES string of the molecule is CN(C)CC(NN)c1c(F)cccc1F. The molecule has 1 atom stereocenters.